The predicted molar refractivity (Wildman–Crippen MR) is 391 cm³/mol. The second-order valence-corrected chi connectivity index (χ2v) is 31.1. The minimum atomic E-state index is -4.96. The van der Waals surface area contributed by atoms with E-state index in [-0.39, 0.29) is 25.7 Å². The number of phosphoric acid groups is 2. The summed E-state index contributed by atoms with van der Waals surface area (Å²) in [6, 6.07) is 0. The standard InChI is InChI=1S/C77H150O17P2/c1-6-9-12-15-18-20-22-24-26-28-30-32-34-36-38-40-46-51-56-61-75(80)88-67-73(93-76(81)62-57-52-47-41-39-37-35-33-31-29-27-25-23-21-19-16-13-10-7-2)69-92-96(85,86)90-65-71(78)64-89-95(83,84)91-68-72(66-87-74(79)60-55-50-44-17-14-11-8-3)94-77(82)63-58-53-48-43-42-45-49-54-59-70(4)5/h70-73,78H,6-69H2,1-5H3,(H,83,84)(H,85,86)/t71-,72+,73+/m0/s1. The molecule has 0 bridgehead atoms. The molecule has 0 rings (SSSR count). The summed E-state index contributed by atoms with van der Waals surface area (Å²) in [7, 11) is -9.90. The lowest BCUT2D eigenvalue weighted by Gasteiger charge is -2.21. The molecule has 2 unspecified atom stereocenters. The van der Waals surface area contributed by atoms with E-state index in [1.165, 1.54) is 218 Å². The van der Waals surface area contributed by atoms with Crippen molar-refractivity contribution < 1.29 is 80.2 Å². The van der Waals surface area contributed by atoms with E-state index in [4.69, 9.17) is 37.0 Å². The highest BCUT2D eigenvalue weighted by Gasteiger charge is 2.30. The van der Waals surface area contributed by atoms with Crippen LogP contribution in [0.2, 0.25) is 0 Å². The van der Waals surface area contributed by atoms with E-state index in [0.717, 1.165) is 109 Å². The quantitative estimate of drug-likeness (QED) is 0.0222. The van der Waals surface area contributed by atoms with Gasteiger partial charge in [0.15, 0.2) is 12.2 Å². The molecule has 3 N–H and O–H groups in total. The molecule has 0 aliphatic carbocycles. The molecule has 0 radical (unpaired) electrons. The third kappa shape index (κ3) is 70.5. The van der Waals surface area contributed by atoms with Gasteiger partial charge in [0.25, 0.3) is 0 Å². The predicted octanol–water partition coefficient (Wildman–Crippen LogP) is 22.9. The molecule has 0 saturated heterocycles. The Morgan fingerprint density at radius 3 is 0.708 bits per heavy atom. The van der Waals surface area contributed by atoms with Crippen molar-refractivity contribution in [3.8, 4) is 0 Å². The monoisotopic (exact) mass is 1410 g/mol. The number of unbranched alkanes of at least 4 members (excludes halogenated alkanes) is 49. The van der Waals surface area contributed by atoms with Gasteiger partial charge in [-0.25, -0.2) is 9.13 Å². The van der Waals surface area contributed by atoms with E-state index < -0.39 is 97.5 Å². The molecule has 0 aliphatic rings. The van der Waals surface area contributed by atoms with Gasteiger partial charge in [-0.05, 0) is 31.6 Å². The molecule has 5 atom stereocenters. The van der Waals surface area contributed by atoms with E-state index in [2.05, 4.69) is 34.6 Å². The summed E-state index contributed by atoms with van der Waals surface area (Å²) in [6.45, 7) is 7.21. The summed E-state index contributed by atoms with van der Waals surface area (Å²) in [4.78, 5) is 72.7. The van der Waals surface area contributed by atoms with Crippen molar-refractivity contribution in [3.63, 3.8) is 0 Å². The minimum Gasteiger partial charge on any atom is -0.462 e. The molecule has 0 heterocycles. The van der Waals surface area contributed by atoms with E-state index in [1.807, 2.05) is 0 Å². The third-order valence-corrected chi connectivity index (χ3v) is 19.9. The van der Waals surface area contributed by atoms with Gasteiger partial charge in [-0.3, -0.25) is 37.3 Å². The Labute approximate surface area is 588 Å². The van der Waals surface area contributed by atoms with Gasteiger partial charge in [0.1, 0.15) is 19.3 Å². The van der Waals surface area contributed by atoms with Gasteiger partial charge in [0.2, 0.25) is 0 Å². The van der Waals surface area contributed by atoms with E-state index >= 15 is 0 Å². The van der Waals surface area contributed by atoms with Crippen molar-refractivity contribution in [2.45, 2.75) is 425 Å². The average molecular weight is 1410 g/mol. The zero-order chi connectivity index (χ0) is 70.5. The Morgan fingerprint density at radius 1 is 0.281 bits per heavy atom. The number of phosphoric ester groups is 2. The normalized spacial score (nSPS) is 13.9. The first kappa shape index (κ1) is 94.1. The fourth-order valence-corrected chi connectivity index (χ4v) is 13.5. The molecule has 570 valence electrons. The highest BCUT2D eigenvalue weighted by atomic mass is 31.2. The number of carbonyl (C=O) groups excluding carboxylic acids is 4. The molecule has 0 amide bonds. The molecule has 0 aromatic heterocycles. The maximum absolute atomic E-state index is 13.1. The van der Waals surface area contributed by atoms with Gasteiger partial charge in [0.05, 0.1) is 26.4 Å². The highest BCUT2D eigenvalue weighted by molar-refractivity contribution is 7.47. The topological polar surface area (TPSA) is 237 Å². The van der Waals surface area contributed by atoms with Crippen LogP contribution in [-0.4, -0.2) is 96.7 Å². The van der Waals surface area contributed by atoms with Gasteiger partial charge in [0, 0.05) is 25.7 Å². The molecule has 96 heavy (non-hydrogen) atoms. The number of ether oxygens (including phenoxy) is 4. The number of aliphatic hydroxyl groups is 1. The molecule has 17 nitrogen and oxygen atoms in total. The number of rotatable bonds is 77. The first-order chi connectivity index (χ1) is 46.5. The van der Waals surface area contributed by atoms with Gasteiger partial charge in [-0.2, -0.15) is 0 Å². The summed E-state index contributed by atoms with van der Waals surface area (Å²) >= 11 is 0. The Hall–Kier alpha value is -1.94. The first-order valence-electron chi connectivity index (χ1n) is 40.1. The van der Waals surface area contributed by atoms with E-state index in [9.17, 15) is 43.2 Å². The van der Waals surface area contributed by atoms with Crippen LogP contribution in [0.5, 0.6) is 0 Å². The Morgan fingerprint density at radius 2 is 0.479 bits per heavy atom. The SMILES string of the molecule is CCCCCCCCCCCCCCCCCCCCCC(=O)OC[C@H](COP(=O)(O)OC[C@@H](O)COP(=O)(O)OC[C@@H](COC(=O)CCCCCCCCC)OC(=O)CCCCCCCCCCC(C)C)OC(=O)CCCCCCCCCCCCCCCCCCCCC. The average Bonchev–Trinajstić information content (AvgIpc) is 2.42. The molecule has 0 saturated carbocycles. The molecule has 0 aromatic carbocycles. The Balaban J connectivity index is 5.16. The van der Waals surface area contributed by atoms with Crippen LogP contribution in [0.1, 0.15) is 407 Å². The molecule has 0 fully saturated rings. The highest BCUT2D eigenvalue weighted by Crippen LogP contribution is 2.45. The van der Waals surface area contributed by atoms with Crippen LogP contribution in [-0.2, 0) is 65.4 Å². The van der Waals surface area contributed by atoms with Crippen molar-refractivity contribution in [3.05, 3.63) is 0 Å². The number of carbonyl (C=O) groups is 4. The van der Waals surface area contributed by atoms with Crippen LogP contribution >= 0.6 is 15.6 Å². The number of hydrogen-bond donors (Lipinski definition) is 3. The van der Waals surface area contributed by atoms with Crippen molar-refractivity contribution in [2.75, 3.05) is 39.6 Å². The zero-order valence-electron chi connectivity index (χ0n) is 62.5. The van der Waals surface area contributed by atoms with Crippen molar-refractivity contribution >= 4 is 39.5 Å². The molecule has 19 heteroatoms. The molecular formula is C77H150O17P2. The van der Waals surface area contributed by atoms with Crippen LogP contribution in [0.25, 0.3) is 0 Å². The summed E-state index contributed by atoms with van der Waals surface area (Å²) in [5, 5.41) is 10.6. The van der Waals surface area contributed by atoms with E-state index in [1.54, 1.807) is 0 Å². The molecule has 0 aromatic rings. The second kappa shape index (κ2) is 70.1. The van der Waals surface area contributed by atoms with Crippen LogP contribution in [0.3, 0.4) is 0 Å². The lowest BCUT2D eigenvalue weighted by molar-refractivity contribution is -0.161. The Kier molecular flexibility index (Phi) is 68.7. The molecule has 0 aliphatic heterocycles. The summed E-state index contributed by atoms with van der Waals surface area (Å²) in [5.41, 5.74) is 0. The fraction of sp³-hybridized carbons (Fsp3) is 0.948. The maximum Gasteiger partial charge on any atom is 0.472 e. The van der Waals surface area contributed by atoms with Crippen LogP contribution < -0.4 is 0 Å². The van der Waals surface area contributed by atoms with Gasteiger partial charge < -0.3 is 33.8 Å². The summed E-state index contributed by atoms with van der Waals surface area (Å²) < 4.78 is 68.4. The van der Waals surface area contributed by atoms with Crippen LogP contribution in [0.15, 0.2) is 0 Å². The first-order valence-corrected chi connectivity index (χ1v) is 43.1. The fourth-order valence-electron chi connectivity index (χ4n) is 11.9. The molecular weight excluding hydrogens is 1260 g/mol. The Bertz CT molecular complexity index is 1840. The third-order valence-electron chi connectivity index (χ3n) is 18.0. The smallest absolute Gasteiger partial charge is 0.462 e. The van der Waals surface area contributed by atoms with Gasteiger partial charge in [-0.1, -0.05) is 356 Å². The number of aliphatic hydroxyl groups excluding tert-OH is 1. The van der Waals surface area contributed by atoms with Crippen LogP contribution in [0, 0.1) is 5.92 Å². The van der Waals surface area contributed by atoms with Gasteiger partial charge in [-0.15, -0.1) is 0 Å². The number of esters is 4. The summed E-state index contributed by atoms with van der Waals surface area (Å²) in [6.07, 6.45) is 60.0. The van der Waals surface area contributed by atoms with Crippen molar-refractivity contribution in [2.24, 2.45) is 5.92 Å². The lowest BCUT2D eigenvalue weighted by Crippen LogP contribution is -2.30. The lowest BCUT2D eigenvalue weighted by atomic mass is 10.0. The summed E-state index contributed by atoms with van der Waals surface area (Å²) in [5.74, 6) is -1.40. The van der Waals surface area contributed by atoms with Gasteiger partial charge >= 0.3 is 39.5 Å². The van der Waals surface area contributed by atoms with Crippen molar-refractivity contribution in [1.29, 1.82) is 0 Å². The second-order valence-electron chi connectivity index (χ2n) is 28.2. The van der Waals surface area contributed by atoms with Crippen molar-refractivity contribution in [1.82, 2.24) is 0 Å². The zero-order valence-corrected chi connectivity index (χ0v) is 64.3. The minimum absolute atomic E-state index is 0.105. The molecule has 0 spiro atoms. The number of hydrogen-bond acceptors (Lipinski definition) is 15. The maximum atomic E-state index is 13.1. The van der Waals surface area contributed by atoms with E-state index in [0.29, 0.717) is 25.7 Å². The van der Waals surface area contributed by atoms with Crippen LogP contribution in [0.4, 0.5) is 0 Å². The largest absolute Gasteiger partial charge is 0.472 e.